The molecule has 0 spiro atoms. The first-order valence-electron chi connectivity index (χ1n) is 33.8. The molecule has 18 aromatic carbocycles. The van der Waals surface area contributed by atoms with Gasteiger partial charge in [-0.2, -0.15) is 0 Å². The Bertz CT molecular complexity index is 6550. The van der Waals surface area contributed by atoms with Crippen LogP contribution in [0.5, 0.6) is 0 Å². The van der Waals surface area contributed by atoms with Crippen molar-refractivity contribution in [3.05, 3.63) is 352 Å². The van der Waals surface area contributed by atoms with Crippen LogP contribution in [0.25, 0.3) is 205 Å². The molecule has 0 amide bonds. The van der Waals surface area contributed by atoms with E-state index in [0.717, 1.165) is 0 Å². The minimum atomic E-state index is 1.18. The van der Waals surface area contributed by atoms with Gasteiger partial charge in [-0.3, -0.25) is 0 Å². The van der Waals surface area contributed by atoms with E-state index < -0.39 is 0 Å². The van der Waals surface area contributed by atoms with E-state index >= 15 is 0 Å². The normalized spacial score (nSPS) is 11.9. The molecule has 2 heterocycles. The molecule has 0 N–H and O–H groups in total. The molecule has 2 heteroatoms. The number of hydrogen-bond acceptors (Lipinski definition) is 2. The summed E-state index contributed by atoms with van der Waals surface area (Å²) in [5.41, 5.74) is 21.8. The van der Waals surface area contributed by atoms with Crippen molar-refractivity contribution in [1.82, 2.24) is 0 Å². The summed E-state index contributed by atoms with van der Waals surface area (Å²) in [6, 6.07) is 132. The zero-order chi connectivity index (χ0) is 64.4. The lowest BCUT2D eigenvalue weighted by Gasteiger charge is -2.19. The van der Waals surface area contributed by atoms with Crippen molar-refractivity contribution in [3.8, 4) is 100 Å². The average molecular weight is 1280 g/mol. The predicted octanol–water partition coefficient (Wildman–Crippen LogP) is 28.3. The summed E-state index contributed by atoms with van der Waals surface area (Å²) in [4.78, 5) is 0. The van der Waals surface area contributed by atoms with Gasteiger partial charge in [0.15, 0.2) is 0 Å². The number of benzene rings is 18. The van der Waals surface area contributed by atoms with E-state index in [2.05, 4.69) is 352 Å². The molecule has 0 radical (unpaired) electrons. The van der Waals surface area contributed by atoms with Crippen LogP contribution in [0.1, 0.15) is 0 Å². The first-order chi connectivity index (χ1) is 48.5. The lowest BCUT2D eigenvalue weighted by atomic mass is 9.84. The molecule has 0 unspecified atom stereocenters. The first-order valence-corrected chi connectivity index (χ1v) is 35.4. The quantitative estimate of drug-likeness (QED) is 0.126. The van der Waals surface area contributed by atoms with Crippen molar-refractivity contribution < 1.29 is 0 Å². The Labute approximate surface area is 575 Å². The standard InChI is InChI=1S/C96H58S2/c1-2-20-59(21-3-1)60-42-44-61(45-43-60)92-76-34-8-10-36-78(76)95(79-37-11-9-35-77(79)92)74-33-19-29-65(51-74)75-55-84(96-88(56-75)87-53-67-23-5-7-25-69(67)58-91(87)98-96)71-30-16-26-62(48-71)63-27-17-31-72(49-63)93-80-38-12-14-40-82(80)94(83-41-15-13-39-81(83)93)73-32-18-28-64(50-73)70-46-47-89-85(54-70)86-52-66-22-4-6-24-68(66)57-90(86)97-89/h1-58H. The third-order valence-corrected chi connectivity index (χ3v) is 22.9. The molecule has 20 rings (SSSR count). The van der Waals surface area contributed by atoms with Crippen molar-refractivity contribution in [2.45, 2.75) is 0 Å². The molecule has 454 valence electrons. The van der Waals surface area contributed by atoms with E-state index in [-0.39, 0.29) is 0 Å². The smallest absolute Gasteiger partial charge is 0.0434 e. The molecule has 0 nitrogen and oxygen atoms in total. The van der Waals surface area contributed by atoms with Crippen molar-refractivity contribution >= 4 is 128 Å². The number of thiophene rings is 2. The highest BCUT2D eigenvalue weighted by molar-refractivity contribution is 7.26. The molecular formula is C96H58S2. The van der Waals surface area contributed by atoms with E-state index in [1.165, 1.54) is 205 Å². The number of hydrogen-bond donors (Lipinski definition) is 0. The third-order valence-electron chi connectivity index (χ3n) is 20.5. The molecule has 0 aliphatic carbocycles. The van der Waals surface area contributed by atoms with E-state index in [4.69, 9.17) is 0 Å². The van der Waals surface area contributed by atoms with Crippen LogP contribution in [0.2, 0.25) is 0 Å². The third kappa shape index (κ3) is 9.32. The van der Waals surface area contributed by atoms with E-state index in [9.17, 15) is 0 Å². The fraction of sp³-hybridized carbons (Fsp3) is 0. The van der Waals surface area contributed by atoms with Gasteiger partial charge >= 0.3 is 0 Å². The van der Waals surface area contributed by atoms with Crippen molar-refractivity contribution in [3.63, 3.8) is 0 Å². The summed E-state index contributed by atoms with van der Waals surface area (Å²) < 4.78 is 5.22. The van der Waals surface area contributed by atoms with Crippen LogP contribution in [-0.4, -0.2) is 0 Å². The van der Waals surface area contributed by atoms with E-state index in [1.54, 1.807) is 0 Å². The molecule has 0 fully saturated rings. The van der Waals surface area contributed by atoms with Gasteiger partial charge in [0, 0.05) is 45.9 Å². The highest BCUT2D eigenvalue weighted by Gasteiger charge is 2.22. The second kappa shape index (κ2) is 22.8. The first kappa shape index (κ1) is 56.3. The molecule has 0 aliphatic heterocycles. The van der Waals surface area contributed by atoms with Crippen LogP contribution in [0, 0.1) is 0 Å². The maximum atomic E-state index is 2.46. The molecule has 0 saturated heterocycles. The fourth-order valence-electron chi connectivity index (χ4n) is 16.0. The summed E-state index contributed by atoms with van der Waals surface area (Å²) in [6.45, 7) is 0. The van der Waals surface area contributed by atoms with Crippen LogP contribution in [-0.2, 0) is 0 Å². The number of rotatable bonds is 9. The van der Waals surface area contributed by atoms with Gasteiger partial charge in [-0.25, -0.2) is 0 Å². The Kier molecular flexibility index (Phi) is 13.1. The maximum Gasteiger partial charge on any atom is 0.0434 e. The van der Waals surface area contributed by atoms with Crippen molar-refractivity contribution in [2.75, 3.05) is 0 Å². The van der Waals surface area contributed by atoms with E-state index in [1.807, 2.05) is 22.7 Å². The summed E-state index contributed by atoms with van der Waals surface area (Å²) >= 11 is 3.79. The minimum Gasteiger partial charge on any atom is -0.135 e. The molecule has 98 heavy (non-hydrogen) atoms. The summed E-state index contributed by atoms with van der Waals surface area (Å²) in [5, 5.41) is 20.2. The fourth-order valence-corrected chi connectivity index (χ4v) is 18.3. The van der Waals surface area contributed by atoms with Gasteiger partial charge in [-0.05, 0) is 232 Å². The van der Waals surface area contributed by atoms with Crippen molar-refractivity contribution in [2.24, 2.45) is 0 Å². The van der Waals surface area contributed by atoms with Crippen LogP contribution < -0.4 is 0 Å². The maximum absolute atomic E-state index is 2.46. The molecule has 20 aromatic rings. The zero-order valence-electron chi connectivity index (χ0n) is 53.3. The second-order valence-corrected chi connectivity index (χ2v) is 28.3. The Balaban J connectivity index is 0.699. The summed E-state index contributed by atoms with van der Waals surface area (Å²) in [5.74, 6) is 0. The van der Waals surface area contributed by atoms with Crippen LogP contribution in [0.4, 0.5) is 0 Å². The van der Waals surface area contributed by atoms with Crippen molar-refractivity contribution in [1.29, 1.82) is 0 Å². The van der Waals surface area contributed by atoms with Gasteiger partial charge in [-0.15, -0.1) is 22.7 Å². The Morgan fingerprint density at radius 3 is 0.929 bits per heavy atom. The monoisotopic (exact) mass is 1270 g/mol. The Morgan fingerprint density at radius 1 is 0.143 bits per heavy atom. The molecule has 0 atom stereocenters. The topological polar surface area (TPSA) is 0 Å². The van der Waals surface area contributed by atoms with Gasteiger partial charge in [0.05, 0.1) is 0 Å². The largest absolute Gasteiger partial charge is 0.135 e. The lowest BCUT2D eigenvalue weighted by Crippen LogP contribution is -1.92. The summed E-state index contributed by atoms with van der Waals surface area (Å²) in [7, 11) is 0. The van der Waals surface area contributed by atoms with Crippen LogP contribution >= 0.6 is 22.7 Å². The lowest BCUT2D eigenvalue weighted by molar-refractivity contribution is 1.59. The Hall–Kier alpha value is -12.0. The van der Waals surface area contributed by atoms with Crippen LogP contribution in [0.3, 0.4) is 0 Å². The summed E-state index contributed by atoms with van der Waals surface area (Å²) in [6.07, 6.45) is 0. The predicted molar refractivity (Wildman–Crippen MR) is 426 cm³/mol. The molecule has 0 aliphatic rings. The highest BCUT2D eigenvalue weighted by Crippen LogP contribution is 2.50. The average Bonchev–Trinajstić information content (AvgIpc) is 0.845. The van der Waals surface area contributed by atoms with Gasteiger partial charge in [-0.1, -0.05) is 279 Å². The van der Waals surface area contributed by atoms with Crippen LogP contribution in [0.15, 0.2) is 352 Å². The minimum absolute atomic E-state index is 1.18. The molecule has 0 bridgehead atoms. The zero-order valence-corrected chi connectivity index (χ0v) is 54.9. The molecule has 2 aromatic heterocycles. The highest BCUT2D eigenvalue weighted by atomic mass is 32.1. The van der Waals surface area contributed by atoms with E-state index in [0.29, 0.717) is 0 Å². The second-order valence-electron chi connectivity index (χ2n) is 26.2. The van der Waals surface area contributed by atoms with Gasteiger partial charge in [0.1, 0.15) is 0 Å². The van der Waals surface area contributed by atoms with Gasteiger partial charge in [0.25, 0.3) is 0 Å². The molecular weight excluding hydrogens is 1220 g/mol. The van der Waals surface area contributed by atoms with Gasteiger partial charge < -0.3 is 0 Å². The number of fused-ring (bicyclic) bond motifs is 12. The SMILES string of the molecule is c1ccc(-c2ccc(-c3c4ccccc4c(-c4cccc(-c5cc(-c6cccc(-c7cccc(-c8c9ccccc9c(-c9cccc(-c%10ccc%11sc%12cc%13ccccc%13cc%12c%11c%10)c9)c9ccccc89)c7)c6)c6sc7cc8ccccc8cc7c6c5)c4)c4ccccc34)cc2)cc1. The van der Waals surface area contributed by atoms with Gasteiger partial charge in [0.2, 0.25) is 0 Å². The molecule has 0 saturated carbocycles. The Morgan fingerprint density at radius 2 is 0.449 bits per heavy atom.